The molecular formula is C17H16N2O. The van der Waals surface area contributed by atoms with Crippen LogP contribution >= 0.6 is 0 Å². The van der Waals surface area contributed by atoms with Crippen molar-refractivity contribution in [3.8, 4) is 11.8 Å². The highest BCUT2D eigenvalue weighted by atomic mass is 16.5. The third-order valence-electron chi connectivity index (χ3n) is 4.88. The summed E-state index contributed by atoms with van der Waals surface area (Å²) in [6.45, 7) is 0.795. The molecule has 1 aromatic rings. The summed E-state index contributed by atoms with van der Waals surface area (Å²) in [5, 5.41) is 13.1. The Labute approximate surface area is 118 Å². The lowest BCUT2D eigenvalue weighted by atomic mass is 9.64. The number of para-hydroxylation sites is 1. The lowest BCUT2D eigenvalue weighted by molar-refractivity contribution is 0.337. The first-order valence-corrected chi connectivity index (χ1v) is 7.17. The van der Waals surface area contributed by atoms with Gasteiger partial charge in [-0.3, -0.25) is 0 Å². The van der Waals surface area contributed by atoms with Crippen molar-refractivity contribution >= 4 is 0 Å². The third kappa shape index (κ3) is 1.34. The standard InChI is InChI=1S/C17H16N2O/c18-9-12-10-20-16-8-4-2-6-14(16)17(12)11-19-15-7-3-1-5-13(15)17/h2,4,6-8,10,13,19H,1,3,5,11H2. The van der Waals surface area contributed by atoms with E-state index in [2.05, 4.69) is 23.5 Å². The Hall–Kier alpha value is -2.21. The molecular weight excluding hydrogens is 248 g/mol. The minimum atomic E-state index is -0.240. The molecule has 1 spiro atoms. The molecule has 0 bridgehead atoms. The second kappa shape index (κ2) is 4.14. The molecule has 1 saturated heterocycles. The average Bonchev–Trinajstić information content (AvgIpc) is 2.89. The van der Waals surface area contributed by atoms with E-state index in [1.807, 2.05) is 18.2 Å². The summed E-state index contributed by atoms with van der Waals surface area (Å²) < 4.78 is 5.66. The topological polar surface area (TPSA) is 45.0 Å². The normalized spacial score (nSPS) is 30.2. The minimum absolute atomic E-state index is 0.240. The number of benzene rings is 1. The number of fused-ring (bicyclic) bond motifs is 4. The van der Waals surface area contributed by atoms with E-state index in [9.17, 15) is 5.26 Å². The molecule has 3 heteroatoms. The van der Waals surface area contributed by atoms with Crippen LogP contribution in [0.2, 0.25) is 0 Å². The Morgan fingerprint density at radius 3 is 3.15 bits per heavy atom. The van der Waals surface area contributed by atoms with Gasteiger partial charge in [-0.05, 0) is 25.3 Å². The van der Waals surface area contributed by atoms with Crippen LogP contribution in [0.3, 0.4) is 0 Å². The molecule has 1 aromatic carbocycles. The highest BCUT2D eigenvalue weighted by molar-refractivity contribution is 5.57. The molecule has 3 aliphatic rings. The fourth-order valence-electron chi connectivity index (χ4n) is 3.95. The first-order valence-electron chi connectivity index (χ1n) is 7.17. The number of nitriles is 1. The van der Waals surface area contributed by atoms with Gasteiger partial charge in [0.05, 0.1) is 17.1 Å². The van der Waals surface area contributed by atoms with Gasteiger partial charge < -0.3 is 10.1 Å². The zero-order valence-corrected chi connectivity index (χ0v) is 11.2. The molecule has 0 amide bonds. The maximum absolute atomic E-state index is 9.59. The van der Waals surface area contributed by atoms with E-state index in [4.69, 9.17) is 4.74 Å². The van der Waals surface area contributed by atoms with Gasteiger partial charge in [0.15, 0.2) is 0 Å². The van der Waals surface area contributed by atoms with E-state index in [1.165, 1.54) is 12.1 Å². The molecule has 0 aromatic heterocycles. The SMILES string of the molecule is N#CC1=COc2ccccc2C12CNC1=CCCCC12. The summed E-state index contributed by atoms with van der Waals surface area (Å²) in [6.07, 6.45) is 7.42. The monoisotopic (exact) mass is 264 g/mol. The quantitative estimate of drug-likeness (QED) is 0.783. The Balaban J connectivity index is 1.95. The first kappa shape index (κ1) is 11.6. The molecule has 20 heavy (non-hydrogen) atoms. The van der Waals surface area contributed by atoms with Crippen LogP contribution in [-0.4, -0.2) is 6.54 Å². The van der Waals surface area contributed by atoms with Crippen LogP contribution in [0.15, 0.2) is 47.9 Å². The van der Waals surface area contributed by atoms with Crippen molar-refractivity contribution in [2.24, 2.45) is 5.92 Å². The van der Waals surface area contributed by atoms with Gasteiger partial charge in [-0.25, -0.2) is 0 Å². The van der Waals surface area contributed by atoms with Gasteiger partial charge in [0, 0.05) is 23.7 Å². The van der Waals surface area contributed by atoms with Crippen LogP contribution in [0.1, 0.15) is 24.8 Å². The van der Waals surface area contributed by atoms with Gasteiger partial charge in [-0.15, -0.1) is 0 Å². The maximum Gasteiger partial charge on any atom is 0.130 e. The van der Waals surface area contributed by atoms with E-state index >= 15 is 0 Å². The Kier molecular flexibility index (Phi) is 2.40. The van der Waals surface area contributed by atoms with Gasteiger partial charge in [-0.2, -0.15) is 5.26 Å². The van der Waals surface area contributed by atoms with Crippen LogP contribution in [0.5, 0.6) is 5.75 Å². The summed E-state index contributed by atoms with van der Waals surface area (Å²) in [4.78, 5) is 0. The molecule has 0 radical (unpaired) electrons. The smallest absolute Gasteiger partial charge is 0.130 e. The van der Waals surface area contributed by atoms with Crippen molar-refractivity contribution in [1.82, 2.24) is 5.32 Å². The number of hydrogen-bond acceptors (Lipinski definition) is 3. The fraction of sp³-hybridized carbons (Fsp3) is 0.353. The number of allylic oxidation sites excluding steroid dienone is 2. The third-order valence-corrected chi connectivity index (χ3v) is 4.88. The van der Waals surface area contributed by atoms with Crippen LogP contribution in [0, 0.1) is 17.2 Å². The minimum Gasteiger partial charge on any atom is -0.464 e. The summed E-state index contributed by atoms with van der Waals surface area (Å²) in [5.41, 5.74) is 2.98. The molecule has 1 N–H and O–H groups in total. The van der Waals surface area contributed by atoms with E-state index in [0.29, 0.717) is 5.92 Å². The van der Waals surface area contributed by atoms with Gasteiger partial charge >= 0.3 is 0 Å². The molecule has 1 fully saturated rings. The number of ether oxygens (including phenoxy) is 1. The zero-order chi connectivity index (χ0) is 13.6. The summed E-state index contributed by atoms with van der Waals surface area (Å²) in [6, 6.07) is 10.5. The molecule has 4 rings (SSSR count). The highest BCUT2D eigenvalue weighted by Gasteiger charge is 2.53. The van der Waals surface area contributed by atoms with E-state index in [-0.39, 0.29) is 5.41 Å². The molecule has 2 unspecified atom stereocenters. The van der Waals surface area contributed by atoms with Gasteiger partial charge in [0.1, 0.15) is 12.0 Å². The number of rotatable bonds is 0. The van der Waals surface area contributed by atoms with Crippen molar-refractivity contribution in [3.05, 3.63) is 53.4 Å². The molecule has 100 valence electrons. The van der Waals surface area contributed by atoms with Crippen molar-refractivity contribution in [1.29, 1.82) is 5.26 Å². The predicted octanol–water partition coefficient (Wildman–Crippen LogP) is 3.01. The number of nitrogens with one attached hydrogen (secondary N) is 1. The lowest BCUT2D eigenvalue weighted by Crippen LogP contribution is -2.39. The summed E-state index contributed by atoms with van der Waals surface area (Å²) in [5.74, 6) is 1.27. The van der Waals surface area contributed by atoms with E-state index < -0.39 is 0 Å². The average molecular weight is 264 g/mol. The van der Waals surface area contributed by atoms with E-state index in [1.54, 1.807) is 6.26 Å². The lowest BCUT2D eigenvalue weighted by Gasteiger charge is -2.38. The largest absolute Gasteiger partial charge is 0.464 e. The van der Waals surface area contributed by atoms with Crippen LogP contribution in [0.25, 0.3) is 0 Å². The van der Waals surface area contributed by atoms with Crippen molar-refractivity contribution in [2.75, 3.05) is 6.54 Å². The van der Waals surface area contributed by atoms with Crippen LogP contribution in [-0.2, 0) is 5.41 Å². The predicted molar refractivity (Wildman–Crippen MR) is 75.9 cm³/mol. The maximum atomic E-state index is 9.59. The van der Waals surface area contributed by atoms with Gasteiger partial charge in [-0.1, -0.05) is 24.3 Å². The molecule has 2 heterocycles. The zero-order valence-electron chi connectivity index (χ0n) is 11.2. The summed E-state index contributed by atoms with van der Waals surface area (Å²) in [7, 11) is 0. The number of hydrogen-bond donors (Lipinski definition) is 1. The van der Waals surface area contributed by atoms with Crippen LogP contribution < -0.4 is 10.1 Å². The molecule has 0 saturated carbocycles. The van der Waals surface area contributed by atoms with Crippen molar-refractivity contribution in [3.63, 3.8) is 0 Å². The Bertz CT molecular complexity index is 668. The molecule has 1 aliphatic carbocycles. The van der Waals surface area contributed by atoms with Crippen LogP contribution in [0.4, 0.5) is 0 Å². The Morgan fingerprint density at radius 1 is 1.35 bits per heavy atom. The van der Waals surface area contributed by atoms with E-state index in [0.717, 1.165) is 36.3 Å². The molecule has 3 nitrogen and oxygen atoms in total. The molecule has 2 atom stereocenters. The van der Waals surface area contributed by atoms with Crippen molar-refractivity contribution in [2.45, 2.75) is 24.7 Å². The highest BCUT2D eigenvalue weighted by Crippen LogP contribution is 2.53. The van der Waals surface area contributed by atoms with Crippen molar-refractivity contribution < 1.29 is 4.74 Å². The number of nitrogens with zero attached hydrogens (tertiary/aromatic N) is 1. The fourth-order valence-corrected chi connectivity index (χ4v) is 3.95. The van der Waals surface area contributed by atoms with Gasteiger partial charge in [0.2, 0.25) is 0 Å². The first-order chi connectivity index (χ1) is 9.86. The second-order valence-electron chi connectivity index (χ2n) is 5.73. The van der Waals surface area contributed by atoms with Gasteiger partial charge in [0.25, 0.3) is 0 Å². The summed E-state index contributed by atoms with van der Waals surface area (Å²) >= 11 is 0. The second-order valence-corrected chi connectivity index (χ2v) is 5.73. The molecule has 2 aliphatic heterocycles. The Morgan fingerprint density at radius 2 is 2.25 bits per heavy atom.